The Hall–Kier alpha value is -2.48. The van der Waals surface area contributed by atoms with Gasteiger partial charge in [0.25, 0.3) is 11.9 Å². The molecule has 1 unspecified atom stereocenters. The number of hydrogen-bond acceptors (Lipinski definition) is 4. The number of nitrogens with zero attached hydrogens (tertiary/aromatic N) is 4. The van der Waals surface area contributed by atoms with E-state index in [4.69, 9.17) is 4.74 Å². The molecule has 8 nitrogen and oxygen atoms in total. The van der Waals surface area contributed by atoms with E-state index >= 15 is 0 Å². The summed E-state index contributed by atoms with van der Waals surface area (Å²) in [5.74, 6) is 0.176. The van der Waals surface area contributed by atoms with Crippen molar-refractivity contribution in [3.8, 4) is 0 Å². The molecule has 24 heavy (non-hydrogen) atoms. The molecule has 2 aliphatic heterocycles. The van der Waals surface area contributed by atoms with Gasteiger partial charge in [-0.05, 0) is 25.5 Å². The Morgan fingerprint density at radius 1 is 1.38 bits per heavy atom. The number of hydrazone groups is 1. The van der Waals surface area contributed by atoms with Crippen molar-refractivity contribution in [3.63, 3.8) is 0 Å². The average Bonchev–Trinajstić information content (AvgIpc) is 3.18. The second-order valence-corrected chi connectivity index (χ2v) is 6.14. The molecule has 128 valence electrons. The molecule has 1 amide bonds. The zero-order valence-corrected chi connectivity index (χ0v) is 13.6. The van der Waals surface area contributed by atoms with Gasteiger partial charge in [0, 0.05) is 37.7 Å². The first-order valence-corrected chi connectivity index (χ1v) is 7.99. The van der Waals surface area contributed by atoms with E-state index in [1.165, 1.54) is 4.90 Å². The Balaban J connectivity index is 1.79. The number of guanidine groups is 1. The molecule has 0 aromatic heterocycles. The number of benzene rings is 1. The third-order valence-corrected chi connectivity index (χ3v) is 4.34. The van der Waals surface area contributed by atoms with Crippen molar-refractivity contribution in [1.29, 1.82) is 0 Å². The van der Waals surface area contributed by atoms with Gasteiger partial charge in [0.05, 0.1) is 6.61 Å². The van der Waals surface area contributed by atoms with Gasteiger partial charge in [-0.15, -0.1) is 0 Å². The molecule has 0 radical (unpaired) electrons. The summed E-state index contributed by atoms with van der Waals surface area (Å²) in [5, 5.41) is 13.6. The number of aryl methyl sites for hydroxylation is 1. The molecule has 8 heteroatoms. The van der Waals surface area contributed by atoms with E-state index in [0.717, 1.165) is 12.0 Å². The fourth-order valence-corrected chi connectivity index (χ4v) is 3.04. The van der Waals surface area contributed by atoms with Gasteiger partial charge in [0.1, 0.15) is 5.10 Å². The Kier molecular flexibility index (Phi) is 4.75. The lowest BCUT2D eigenvalue weighted by atomic mass is 10.1. The second-order valence-electron chi connectivity index (χ2n) is 6.14. The van der Waals surface area contributed by atoms with E-state index < -0.39 is 5.03 Å². The molecule has 3 rings (SSSR count). The normalized spacial score (nSPS) is 22.4. The molecule has 0 spiro atoms. The lowest BCUT2D eigenvalue weighted by Gasteiger charge is -2.21. The summed E-state index contributed by atoms with van der Waals surface area (Å²) < 4.78 is 5.36. The maximum atomic E-state index is 12.7. The minimum atomic E-state index is -0.742. The molecule has 1 aromatic rings. The lowest BCUT2D eigenvalue weighted by Crippen LogP contribution is -2.40. The van der Waals surface area contributed by atoms with Crippen LogP contribution in [-0.4, -0.2) is 59.5 Å². The second kappa shape index (κ2) is 6.96. The highest BCUT2D eigenvalue weighted by atomic mass is 16.7. The number of amides is 1. The van der Waals surface area contributed by atoms with Gasteiger partial charge >= 0.3 is 0 Å². The molecule has 1 atom stereocenters. The Labute approximate surface area is 139 Å². The van der Waals surface area contributed by atoms with Crippen LogP contribution < -0.4 is 0 Å². The maximum Gasteiger partial charge on any atom is 0.281 e. The van der Waals surface area contributed by atoms with Gasteiger partial charge in [-0.1, -0.05) is 17.7 Å². The topological polar surface area (TPSA) is 88.3 Å². The molecule has 2 fully saturated rings. The van der Waals surface area contributed by atoms with Crippen molar-refractivity contribution < 1.29 is 14.6 Å². The van der Waals surface area contributed by atoms with Crippen LogP contribution in [0, 0.1) is 23.0 Å². The third kappa shape index (κ3) is 3.53. The van der Waals surface area contributed by atoms with Gasteiger partial charge in [-0.25, -0.2) is 10.1 Å². The van der Waals surface area contributed by atoms with Crippen LogP contribution in [0.3, 0.4) is 0 Å². The van der Waals surface area contributed by atoms with Crippen molar-refractivity contribution in [2.24, 2.45) is 11.0 Å². The van der Waals surface area contributed by atoms with E-state index in [0.29, 0.717) is 44.3 Å². The number of carbonyl (C=O) groups excluding carboxylic acids is 1. The Bertz CT molecular complexity index is 653. The van der Waals surface area contributed by atoms with Crippen LogP contribution in [0.2, 0.25) is 0 Å². The summed E-state index contributed by atoms with van der Waals surface area (Å²) in [4.78, 5) is 26.8. The van der Waals surface area contributed by atoms with Crippen LogP contribution in [0.25, 0.3) is 0 Å². The number of nitro groups is 1. The van der Waals surface area contributed by atoms with E-state index in [1.54, 1.807) is 12.1 Å². The van der Waals surface area contributed by atoms with Crippen LogP contribution in [0.1, 0.15) is 22.3 Å². The first kappa shape index (κ1) is 16.4. The van der Waals surface area contributed by atoms with Crippen molar-refractivity contribution >= 4 is 11.9 Å². The van der Waals surface area contributed by atoms with Crippen molar-refractivity contribution in [2.75, 3.05) is 32.8 Å². The van der Waals surface area contributed by atoms with E-state index in [-0.39, 0.29) is 11.9 Å². The predicted octanol–water partition coefficient (Wildman–Crippen LogP) is 1.34. The molecule has 0 bridgehead atoms. The predicted molar refractivity (Wildman–Crippen MR) is 87.1 cm³/mol. The van der Waals surface area contributed by atoms with Crippen molar-refractivity contribution in [1.82, 2.24) is 9.80 Å². The summed E-state index contributed by atoms with van der Waals surface area (Å²) in [7, 11) is 0. The first-order chi connectivity index (χ1) is 11.5. The third-order valence-electron chi connectivity index (χ3n) is 4.34. The van der Waals surface area contributed by atoms with Crippen molar-refractivity contribution in [3.05, 3.63) is 45.5 Å². The number of hydrogen-bond donors (Lipinski definition) is 0. The van der Waals surface area contributed by atoms with Gasteiger partial charge in [0.15, 0.2) is 5.03 Å². The summed E-state index contributed by atoms with van der Waals surface area (Å²) in [6.07, 6.45) is 0.925. The monoisotopic (exact) mass is 332 g/mol. The summed E-state index contributed by atoms with van der Waals surface area (Å²) in [5.41, 5.74) is 1.55. The highest BCUT2D eigenvalue weighted by molar-refractivity contribution is 6.06. The highest BCUT2D eigenvalue weighted by Crippen LogP contribution is 2.19. The molecule has 2 heterocycles. The van der Waals surface area contributed by atoms with Gasteiger partial charge in [-0.2, -0.15) is 0 Å². The Morgan fingerprint density at radius 3 is 2.75 bits per heavy atom. The minimum absolute atomic E-state index is 0.123. The minimum Gasteiger partial charge on any atom is -0.381 e. The standard InChI is InChI=1S/C16H20N4O4/c1-12-2-4-14(5-3-12)15(21)19-8-7-18(16(19)17-20(22)23)10-13-6-9-24-11-13/h2-5,13H,6-11H2,1H3. The van der Waals surface area contributed by atoms with Gasteiger partial charge in [-0.3, -0.25) is 9.69 Å². The Morgan fingerprint density at radius 2 is 2.12 bits per heavy atom. The molecule has 1 aromatic carbocycles. The highest BCUT2D eigenvalue weighted by Gasteiger charge is 2.36. The summed E-state index contributed by atoms with van der Waals surface area (Å²) in [6, 6.07) is 7.16. The van der Waals surface area contributed by atoms with E-state index in [1.807, 2.05) is 24.0 Å². The zero-order valence-electron chi connectivity index (χ0n) is 13.6. The fraction of sp³-hybridized carbons (Fsp3) is 0.500. The van der Waals surface area contributed by atoms with Gasteiger partial charge < -0.3 is 9.64 Å². The van der Waals surface area contributed by atoms with Crippen molar-refractivity contribution in [2.45, 2.75) is 13.3 Å². The van der Waals surface area contributed by atoms with E-state index in [9.17, 15) is 14.9 Å². The average molecular weight is 332 g/mol. The largest absolute Gasteiger partial charge is 0.381 e. The lowest BCUT2D eigenvalue weighted by molar-refractivity contribution is -0.486. The maximum absolute atomic E-state index is 12.7. The van der Waals surface area contributed by atoms with Crippen LogP contribution in [-0.2, 0) is 4.74 Å². The quantitative estimate of drug-likeness (QED) is 0.613. The smallest absolute Gasteiger partial charge is 0.281 e. The number of rotatable bonds is 4. The summed E-state index contributed by atoms with van der Waals surface area (Å²) >= 11 is 0. The van der Waals surface area contributed by atoms with E-state index in [2.05, 4.69) is 5.10 Å². The van der Waals surface area contributed by atoms with Crippen LogP contribution >= 0.6 is 0 Å². The van der Waals surface area contributed by atoms with Gasteiger partial charge in [0.2, 0.25) is 0 Å². The number of ether oxygens (including phenoxy) is 1. The molecule has 0 saturated carbocycles. The molecule has 0 aliphatic carbocycles. The molecular weight excluding hydrogens is 312 g/mol. The fourth-order valence-electron chi connectivity index (χ4n) is 3.04. The number of carbonyl (C=O) groups is 1. The zero-order chi connectivity index (χ0) is 17.1. The SMILES string of the molecule is Cc1ccc(C(=O)N2CCN(CC3CCOC3)C2=N[N+](=O)[O-])cc1. The first-order valence-electron chi connectivity index (χ1n) is 7.99. The van der Waals surface area contributed by atoms with Crippen LogP contribution in [0.4, 0.5) is 0 Å². The summed E-state index contributed by atoms with van der Waals surface area (Å²) in [6.45, 7) is 4.85. The van der Waals surface area contributed by atoms with Crippen LogP contribution in [0.5, 0.6) is 0 Å². The molecule has 2 saturated heterocycles. The molecular formula is C16H20N4O4. The van der Waals surface area contributed by atoms with Crippen LogP contribution in [0.15, 0.2) is 29.4 Å². The molecule has 0 N–H and O–H groups in total. The molecule has 2 aliphatic rings.